The molecule has 0 amide bonds. The zero-order chi connectivity index (χ0) is 16.4. The number of aromatic hydroxyl groups is 1. The summed E-state index contributed by atoms with van der Waals surface area (Å²) in [7, 11) is 0. The summed E-state index contributed by atoms with van der Waals surface area (Å²) in [5, 5.41) is 10.3. The normalized spacial score (nSPS) is 10.9. The van der Waals surface area contributed by atoms with E-state index in [9.17, 15) is 9.90 Å². The van der Waals surface area contributed by atoms with E-state index in [-0.39, 0.29) is 17.2 Å². The van der Waals surface area contributed by atoms with E-state index in [1.807, 2.05) is 56.3 Å². The van der Waals surface area contributed by atoms with Gasteiger partial charge in [-0.25, -0.2) is 0 Å². The summed E-state index contributed by atoms with van der Waals surface area (Å²) in [6.45, 7) is 3.80. The summed E-state index contributed by atoms with van der Waals surface area (Å²) in [6.07, 6.45) is 3.34. The Morgan fingerprint density at radius 1 is 1.04 bits per heavy atom. The Labute approximate surface area is 134 Å². The van der Waals surface area contributed by atoms with Crippen molar-refractivity contribution >= 4 is 0 Å². The first-order valence-corrected chi connectivity index (χ1v) is 7.54. The molecule has 116 valence electrons. The molecule has 1 aromatic carbocycles. The lowest BCUT2D eigenvalue weighted by atomic mass is 10.0. The van der Waals surface area contributed by atoms with Crippen molar-refractivity contribution in [3.05, 3.63) is 76.8 Å². The zero-order valence-corrected chi connectivity index (χ0v) is 13.1. The lowest BCUT2D eigenvalue weighted by molar-refractivity contribution is 0.461. The van der Waals surface area contributed by atoms with Crippen LogP contribution < -0.4 is 5.56 Å². The summed E-state index contributed by atoms with van der Waals surface area (Å²) < 4.78 is 1.64. The maximum absolute atomic E-state index is 13.0. The molecule has 23 heavy (non-hydrogen) atoms. The Kier molecular flexibility index (Phi) is 3.98. The molecular weight excluding hydrogens is 288 g/mol. The molecule has 0 spiro atoms. The van der Waals surface area contributed by atoms with Crippen LogP contribution in [-0.2, 0) is 0 Å². The Morgan fingerprint density at radius 2 is 1.70 bits per heavy atom. The van der Waals surface area contributed by atoms with E-state index in [1.54, 1.807) is 23.0 Å². The molecule has 1 N–H and O–H groups in total. The van der Waals surface area contributed by atoms with Gasteiger partial charge < -0.3 is 5.11 Å². The van der Waals surface area contributed by atoms with Crippen molar-refractivity contribution < 1.29 is 5.11 Å². The largest absolute Gasteiger partial charge is 0.507 e. The number of aromatic nitrogens is 2. The summed E-state index contributed by atoms with van der Waals surface area (Å²) in [4.78, 5) is 17.0. The molecule has 3 aromatic rings. The summed E-state index contributed by atoms with van der Waals surface area (Å²) in [5.74, 6) is -0.0343. The van der Waals surface area contributed by atoms with Crippen LogP contribution in [0.15, 0.2) is 65.7 Å². The number of para-hydroxylation sites is 1. The van der Waals surface area contributed by atoms with Crippen LogP contribution >= 0.6 is 0 Å². The van der Waals surface area contributed by atoms with Gasteiger partial charge in [0.1, 0.15) is 5.75 Å². The van der Waals surface area contributed by atoms with E-state index in [0.29, 0.717) is 11.3 Å². The van der Waals surface area contributed by atoms with Crippen molar-refractivity contribution in [1.82, 2.24) is 9.55 Å². The fraction of sp³-hybridized carbons (Fsp3) is 0.158. The molecule has 0 fully saturated rings. The third-order valence-corrected chi connectivity index (χ3v) is 3.79. The Morgan fingerprint density at radius 3 is 2.30 bits per heavy atom. The van der Waals surface area contributed by atoms with Crippen LogP contribution in [0.4, 0.5) is 0 Å². The van der Waals surface area contributed by atoms with Crippen molar-refractivity contribution in [1.29, 1.82) is 0 Å². The Bertz CT molecular complexity index is 869. The van der Waals surface area contributed by atoms with Gasteiger partial charge in [0, 0.05) is 29.7 Å². The SMILES string of the molecule is CC(C)c1c(O)cc(-c2ccncc2)n(-c2ccccc2)c1=O. The maximum Gasteiger partial charge on any atom is 0.262 e. The van der Waals surface area contributed by atoms with Gasteiger partial charge in [-0.15, -0.1) is 0 Å². The van der Waals surface area contributed by atoms with Crippen LogP contribution in [0.3, 0.4) is 0 Å². The van der Waals surface area contributed by atoms with Crippen molar-refractivity contribution in [2.45, 2.75) is 19.8 Å². The molecule has 0 saturated carbocycles. The van der Waals surface area contributed by atoms with Gasteiger partial charge in [-0.05, 0) is 30.2 Å². The second-order valence-corrected chi connectivity index (χ2v) is 5.70. The average molecular weight is 306 g/mol. The molecule has 3 rings (SSSR count). The standard InChI is InChI=1S/C19H18N2O2/c1-13(2)18-17(22)12-16(14-8-10-20-11-9-14)21(19(18)23)15-6-4-3-5-7-15/h3-13,22H,1-2H3. The molecule has 4 nitrogen and oxygen atoms in total. The molecule has 2 aromatic heterocycles. The number of pyridine rings is 2. The number of hydrogen-bond donors (Lipinski definition) is 1. The van der Waals surface area contributed by atoms with Crippen molar-refractivity contribution in [2.24, 2.45) is 0 Å². The van der Waals surface area contributed by atoms with Crippen LogP contribution in [0.2, 0.25) is 0 Å². The second kappa shape index (κ2) is 6.08. The van der Waals surface area contributed by atoms with Crippen LogP contribution in [0.1, 0.15) is 25.3 Å². The predicted octanol–water partition coefficient (Wildman–Crippen LogP) is 3.73. The molecule has 0 aliphatic rings. The highest BCUT2D eigenvalue weighted by molar-refractivity contribution is 5.64. The Balaban J connectivity index is 2.38. The van der Waals surface area contributed by atoms with Gasteiger partial charge >= 0.3 is 0 Å². The molecule has 0 radical (unpaired) electrons. The van der Waals surface area contributed by atoms with E-state index < -0.39 is 0 Å². The van der Waals surface area contributed by atoms with Gasteiger partial charge in [-0.1, -0.05) is 32.0 Å². The van der Waals surface area contributed by atoms with Gasteiger partial charge in [0.25, 0.3) is 5.56 Å². The molecule has 0 unspecified atom stereocenters. The van der Waals surface area contributed by atoms with Crippen molar-refractivity contribution in [3.63, 3.8) is 0 Å². The number of nitrogens with zero attached hydrogens (tertiary/aromatic N) is 2. The quantitative estimate of drug-likeness (QED) is 0.802. The van der Waals surface area contributed by atoms with Gasteiger partial charge in [0.05, 0.1) is 11.3 Å². The zero-order valence-electron chi connectivity index (χ0n) is 13.1. The van der Waals surface area contributed by atoms with Crippen molar-refractivity contribution in [2.75, 3.05) is 0 Å². The number of benzene rings is 1. The number of hydrogen-bond acceptors (Lipinski definition) is 3. The van der Waals surface area contributed by atoms with E-state index in [1.165, 1.54) is 0 Å². The first kappa shape index (κ1) is 15.0. The minimum atomic E-state index is -0.196. The third-order valence-electron chi connectivity index (χ3n) is 3.79. The summed E-state index contributed by atoms with van der Waals surface area (Å²) in [5.41, 5.74) is 2.47. The molecule has 2 heterocycles. The minimum absolute atomic E-state index is 0.0315. The lowest BCUT2D eigenvalue weighted by Crippen LogP contribution is -2.24. The van der Waals surface area contributed by atoms with E-state index >= 15 is 0 Å². The van der Waals surface area contributed by atoms with E-state index in [0.717, 1.165) is 11.3 Å². The highest BCUT2D eigenvalue weighted by atomic mass is 16.3. The molecule has 0 saturated heterocycles. The first-order chi connectivity index (χ1) is 11.1. The minimum Gasteiger partial charge on any atom is -0.507 e. The van der Waals surface area contributed by atoms with E-state index in [4.69, 9.17) is 0 Å². The molecule has 0 aliphatic carbocycles. The molecule has 0 bridgehead atoms. The second-order valence-electron chi connectivity index (χ2n) is 5.70. The summed E-state index contributed by atoms with van der Waals surface area (Å²) >= 11 is 0. The lowest BCUT2D eigenvalue weighted by Gasteiger charge is -2.17. The highest BCUT2D eigenvalue weighted by Gasteiger charge is 2.18. The summed E-state index contributed by atoms with van der Waals surface area (Å²) in [6, 6.07) is 14.7. The van der Waals surface area contributed by atoms with Crippen LogP contribution in [0.5, 0.6) is 5.75 Å². The molecule has 0 atom stereocenters. The fourth-order valence-corrected chi connectivity index (χ4v) is 2.72. The van der Waals surface area contributed by atoms with Crippen LogP contribution in [0, 0.1) is 0 Å². The number of rotatable bonds is 3. The van der Waals surface area contributed by atoms with Gasteiger partial charge in [0.2, 0.25) is 0 Å². The van der Waals surface area contributed by atoms with Gasteiger partial charge in [-0.3, -0.25) is 14.3 Å². The Hall–Kier alpha value is -2.88. The molecule has 0 aliphatic heterocycles. The highest BCUT2D eigenvalue weighted by Crippen LogP contribution is 2.29. The maximum atomic E-state index is 13.0. The fourth-order valence-electron chi connectivity index (χ4n) is 2.72. The first-order valence-electron chi connectivity index (χ1n) is 7.54. The topological polar surface area (TPSA) is 55.1 Å². The smallest absolute Gasteiger partial charge is 0.262 e. The predicted molar refractivity (Wildman–Crippen MR) is 91.0 cm³/mol. The molecule has 4 heteroatoms. The van der Waals surface area contributed by atoms with E-state index in [2.05, 4.69) is 4.98 Å². The van der Waals surface area contributed by atoms with Crippen molar-refractivity contribution in [3.8, 4) is 22.7 Å². The molecular formula is C19H18N2O2. The monoisotopic (exact) mass is 306 g/mol. The average Bonchev–Trinajstić information content (AvgIpc) is 2.55. The van der Waals surface area contributed by atoms with Gasteiger partial charge in [0.15, 0.2) is 0 Å². The van der Waals surface area contributed by atoms with Crippen LogP contribution in [0.25, 0.3) is 16.9 Å². The van der Waals surface area contributed by atoms with Crippen LogP contribution in [-0.4, -0.2) is 14.7 Å². The third kappa shape index (κ3) is 2.75. The van der Waals surface area contributed by atoms with Gasteiger partial charge in [-0.2, -0.15) is 0 Å².